The van der Waals surface area contributed by atoms with Crippen molar-refractivity contribution < 1.29 is 14.3 Å². The van der Waals surface area contributed by atoms with Crippen LogP contribution in [0.25, 0.3) is 6.08 Å². The summed E-state index contributed by atoms with van der Waals surface area (Å²) in [5, 5.41) is 7.27. The summed E-state index contributed by atoms with van der Waals surface area (Å²) in [5.41, 5.74) is 5.17. The number of hydrogen-bond donors (Lipinski definition) is 2. The van der Waals surface area contributed by atoms with Crippen molar-refractivity contribution in [3.05, 3.63) is 76.5 Å². The SMILES string of the molecule is COc1ccc(C=C2CN(C(C)=O)CC3=C2NC(=S)NC3c2ccc(OC)cc2)cc1. The van der Waals surface area contributed by atoms with Gasteiger partial charge in [0.25, 0.3) is 0 Å². The molecule has 2 aliphatic rings. The molecule has 2 aliphatic heterocycles. The fourth-order valence-electron chi connectivity index (χ4n) is 3.92. The molecule has 7 heteroatoms. The Labute approximate surface area is 187 Å². The molecule has 0 saturated heterocycles. The number of methoxy groups -OCH3 is 2. The zero-order chi connectivity index (χ0) is 22.0. The summed E-state index contributed by atoms with van der Waals surface area (Å²) in [4.78, 5) is 14.2. The molecule has 2 N–H and O–H groups in total. The van der Waals surface area contributed by atoms with Crippen LogP contribution < -0.4 is 20.1 Å². The number of benzene rings is 2. The predicted molar refractivity (Wildman–Crippen MR) is 125 cm³/mol. The van der Waals surface area contributed by atoms with Crippen LogP contribution in [0, 0.1) is 0 Å². The Balaban J connectivity index is 1.78. The lowest BCUT2D eigenvalue weighted by Gasteiger charge is -2.40. The summed E-state index contributed by atoms with van der Waals surface area (Å²) in [6, 6.07) is 15.6. The van der Waals surface area contributed by atoms with Gasteiger partial charge in [-0.25, -0.2) is 0 Å². The molecular formula is C24H25N3O3S. The van der Waals surface area contributed by atoms with E-state index in [9.17, 15) is 4.79 Å². The van der Waals surface area contributed by atoms with Gasteiger partial charge in [-0.2, -0.15) is 0 Å². The maximum absolute atomic E-state index is 12.3. The zero-order valence-electron chi connectivity index (χ0n) is 17.8. The first kappa shape index (κ1) is 20.9. The average Bonchev–Trinajstić information content (AvgIpc) is 2.79. The van der Waals surface area contributed by atoms with Gasteiger partial charge >= 0.3 is 0 Å². The van der Waals surface area contributed by atoms with Crippen molar-refractivity contribution in [2.75, 3.05) is 27.3 Å². The fraction of sp³-hybridized carbons (Fsp3) is 0.250. The van der Waals surface area contributed by atoms with Crippen LogP contribution >= 0.6 is 12.2 Å². The third kappa shape index (κ3) is 4.41. The van der Waals surface area contributed by atoms with Gasteiger partial charge in [-0.15, -0.1) is 0 Å². The van der Waals surface area contributed by atoms with Crippen LogP contribution in [0.15, 0.2) is 65.4 Å². The number of ether oxygens (including phenoxy) is 2. The second-order valence-electron chi connectivity index (χ2n) is 7.52. The molecule has 160 valence electrons. The lowest BCUT2D eigenvalue weighted by atomic mass is 9.89. The van der Waals surface area contributed by atoms with E-state index in [0.29, 0.717) is 18.2 Å². The standard InChI is InChI=1S/C24H25N3O3S/c1-15(28)27-13-18(12-16-4-8-19(29-2)9-5-16)23-21(14-27)22(25-24(31)26-23)17-6-10-20(30-3)11-7-17/h4-12,22H,13-14H2,1-3H3,(H2,25,26,31). The van der Waals surface area contributed by atoms with E-state index >= 15 is 0 Å². The summed E-state index contributed by atoms with van der Waals surface area (Å²) >= 11 is 5.53. The van der Waals surface area contributed by atoms with E-state index in [2.05, 4.69) is 16.7 Å². The van der Waals surface area contributed by atoms with Gasteiger partial charge in [-0.3, -0.25) is 4.79 Å². The molecule has 0 radical (unpaired) electrons. The summed E-state index contributed by atoms with van der Waals surface area (Å²) < 4.78 is 10.5. The van der Waals surface area contributed by atoms with Gasteiger partial charge in [0.05, 0.1) is 20.3 Å². The predicted octanol–water partition coefficient (Wildman–Crippen LogP) is 3.42. The molecule has 2 aromatic carbocycles. The number of amides is 1. The summed E-state index contributed by atoms with van der Waals surface area (Å²) in [6.45, 7) is 2.66. The number of rotatable bonds is 4. The van der Waals surface area contributed by atoms with Gasteiger partial charge in [0.2, 0.25) is 5.91 Å². The normalized spacial score (nSPS) is 19.5. The van der Waals surface area contributed by atoms with Crippen LogP contribution in [0.2, 0.25) is 0 Å². The van der Waals surface area contributed by atoms with E-state index in [4.69, 9.17) is 21.7 Å². The monoisotopic (exact) mass is 435 g/mol. The lowest BCUT2D eigenvalue weighted by molar-refractivity contribution is -0.128. The second-order valence-corrected chi connectivity index (χ2v) is 7.93. The molecule has 1 amide bonds. The van der Waals surface area contributed by atoms with Crippen molar-refractivity contribution in [1.29, 1.82) is 0 Å². The third-order valence-electron chi connectivity index (χ3n) is 5.58. The van der Waals surface area contributed by atoms with Gasteiger partial charge in [0.15, 0.2) is 5.11 Å². The van der Waals surface area contributed by atoms with Gasteiger partial charge < -0.3 is 25.0 Å². The molecule has 0 spiro atoms. The highest BCUT2D eigenvalue weighted by Crippen LogP contribution is 2.35. The summed E-state index contributed by atoms with van der Waals surface area (Å²) in [5.74, 6) is 1.63. The minimum atomic E-state index is -0.129. The molecule has 0 bridgehead atoms. The highest BCUT2D eigenvalue weighted by atomic mass is 32.1. The van der Waals surface area contributed by atoms with Crippen molar-refractivity contribution in [3.8, 4) is 11.5 Å². The number of carbonyl (C=O) groups excluding carboxylic acids is 1. The average molecular weight is 436 g/mol. The Bertz CT molecular complexity index is 1060. The fourth-order valence-corrected chi connectivity index (χ4v) is 4.14. The molecule has 1 atom stereocenters. The van der Waals surface area contributed by atoms with E-state index in [0.717, 1.165) is 39.5 Å². The number of thiocarbonyl (C=S) groups is 1. The Morgan fingerprint density at radius 2 is 1.65 bits per heavy atom. The first-order chi connectivity index (χ1) is 15.0. The minimum Gasteiger partial charge on any atom is -0.497 e. The third-order valence-corrected chi connectivity index (χ3v) is 5.80. The van der Waals surface area contributed by atoms with Crippen LogP contribution in [0.1, 0.15) is 24.1 Å². The van der Waals surface area contributed by atoms with Gasteiger partial charge in [0, 0.05) is 25.7 Å². The summed E-state index contributed by atoms with van der Waals surface area (Å²) in [7, 11) is 3.30. The Kier molecular flexibility index (Phi) is 5.95. The van der Waals surface area contributed by atoms with Crippen LogP contribution in [0.4, 0.5) is 0 Å². The van der Waals surface area contributed by atoms with E-state index in [1.54, 1.807) is 21.1 Å². The van der Waals surface area contributed by atoms with Crippen LogP contribution in [0.3, 0.4) is 0 Å². The molecule has 1 unspecified atom stereocenters. The first-order valence-corrected chi connectivity index (χ1v) is 10.4. The molecule has 0 aromatic heterocycles. The quantitative estimate of drug-likeness (QED) is 0.718. The molecule has 2 aromatic rings. The van der Waals surface area contributed by atoms with Crippen molar-refractivity contribution in [3.63, 3.8) is 0 Å². The Morgan fingerprint density at radius 1 is 1.03 bits per heavy atom. The van der Waals surface area contributed by atoms with E-state index in [1.165, 1.54) is 0 Å². The number of hydrogen-bond acceptors (Lipinski definition) is 4. The zero-order valence-corrected chi connectivity index (χ0v) is 18.6. The number of carbonyl (C=O) groups is 1. The Hall–Kier alpha value is -3.32. The smallest absolute Gasteiger partial charge is 0.220 e. The molecule has 4 rings (SSSR count). The van der Waals surface area contributed by atoms with Gasteiger partial charge in [-0.1, -0.05) is 24.3 Å². The van der Waals surface area contributed by atoms with Crippen LogP contribution in [-0.4, -0.2) is 43.2 Å². The summed E-state index contributed by atoms with van der Waals surface area (Å²) in [6.07, 6.45) is 2.09. The maximum Gasteiger partial charge on any atom is 0.220 e. The van der Waals surface area contributed by atoms with Crippen molar-refractivity contribution in [2.24, 2.45) is 0 Å². The topological polar surface area (TPSA) is 62.8 Å². The molecule has 31 heavy (non-hydrogen) atoms. The van der Waals surface area contributed by atoms with Crippen molar-refractivity contribution in [1.82, 2.24) is 15.5 Å². The minimum absolute atomic E-state index is 0.0359. The van der Waals surface area contributed by atoms with Crippen molar-refractivity contribution >= 4 is 29.3 Å². The Morgan fingerprint density at radius 3 is 2.23 bits per heavy atom. The van der Waals surface area contributed by atoms with Gasteiger partial charge in [-0.05, 0) is 64.8 Å². The van der Waals surface area contributed by atoms with E-state index in [1.807, 2.05) is 53.4 Å². The second kappa shape index (κ2) is 8.81. The molecular weight excluding hydrogens is 410 g/mol. The van der Waals surface area contributed by atoms with Crippen LogP contribution in [-0.2, 0) is 4.79 Å². The van der Waals surface area contributed by atoms with E-state index in [-0.39, 0.29) is 11.9 Å². The highest BCUT2D eigenvalue weighted by molar-refractivity contribution is 7.80. The van der Waals surface area contributed by atoms with E-state index < -0.39 is 0 Å². The molecule has 0 saturated carbocycles. The first-order valence-electron chi connectivity index (χ1n) is 10.0. The number of nitrogens with one attached hydrogen (secondary N) is 2. The van der Waals surface area contributed by atoms with Crippen LogP contribution in [0.5, 0.6) is 11.5 Å². The van der Waals surface area contributed by atoms with Gasteiger partial charge in [0.1, 0.15) is 11.5 Å². The molecule has 0 aliphatic carbocycles. The highest BCUT2D eigenvalue weighted by Gasteiger charge is 2.34. The maximum atomic E-state index is 12.3. The number of nitrogens with zero attached hydrogens (tertiary/aromatic N) is 1. The molecule has 6 nitrogen and oxygen atoms in total. The largest absolute Gasteiger partial charge is 0.497 e. The molecule has 0 fully saturated rings. The molecule has 2 heterocycles. The lowest BCUT2D eigenvalue weighted by Crippen LogP contribution is -2.50. The van der Waals surface area contributed by atoms with Crippen molar-refractivity contribution in [2.45, 2.75) is 13.0 Å².